The normalized spacial score (nSPS) is 17.4. The summed E-state index contributed by atoms with van der Waals surface area (Å²) < 4.78 is 34.1. The summed E-state index contributed by atoms with van der Waals surface area (Å²) in [6.45, 7) is 5.87. The van der Waals surface area contributed by atoms with Crippen LogP contribution in [0.25, 0.3) is 0 Å². The highest BCUT2D eigenvalue weighted by Crippen LogP contribution is 2.33. The SMILES string of the molecule is CO[C@H](C(=O)N1C(=O)OC[C@@H]1C(C)C)[C@H](OC(C)=O)c1cc(Br)c(CCCOC[C@@H](CO)OCc2ccccc2)o1. The minimum absolute atomic E-state index is 0.0512. The lowest BCUT2D eigenvalue weighted by atomic mass is 10.0. The van der Waals surface area contributed by atoms with Gasteiger partial charge in [-0.05, 0) is 39.9 Å². The van der Waals surface area contributed by atoms with Gasteiger partial charge in [0.15, 0.2) is 12.2 Å². The van der Waals surface area contributed by atoms with Gasteiger partial charge in [0.2, 0.25) is 0 Å². The number of carbonyl (C=O) groups excluding carboxylic acids is 3. The molecule has 0 bridgehead atoms. The van der Waals surface area contributed by atoms with Crippen LogP contribution in [-0.2, 0) is 46.3 Å². The number of hydrogen-bond acceptors (Lipinski definition) is 10. The number of hydrogen-bond donors (Lipinski definition) is 1. The summed E-state index contributed by atoms with van der Waals surface area (Å²) >= 11 is 3.47. The van der Waals surface area contributed by atoms with Crippen LogP contribution in [0.2, 0.25) is 0 Å². The highest BCUT2D eigenvalue weighted by molar-refractivity contribution is 9.10. The molecule has 1 aliphatic rings. The first-order chi connectivity index (χ1) is 19.7. The number of imide groups is 1. The Hall–Kier alpha value is -2.77. The summed E-state index contributed by atoms with van der Waals surface area (Å²) in [4.78, 5) is 38.8. The lowest BCUT2D eigenvalue weighted by Gasteiger charge is -2.29. The van der Waals surface area contributed by atoms with Gasteiger partial charge in [-0.25, -0.2) is 9.69 Å². The number of halogens is 1. The molecule has 0 spiro atoms. The summed E-state index contributed by atoms with van der Waals surface area (Å²) in [5.41, 5.74) is 1.01. The van der Waals surface area contributed by atoms with Crippen LogP contribution in [0.15, 0.2) is 45.3 Å². The molecule has 1 saturated heterocycles. The van der Waals surface area contributed by atoms with Crippen molar-refractivity contribution >= 4 is 33.9 Å². The van der Waals surface area contributed by atoms with Gasteiger partial charge in [-0.1, -0.05) is 44.2 Å². The predicted molar refractivity (Wildman–Crippen MR) is 150 cm³/mol. The number of rotatable bonds is 16. The van der Waals surface area contributed by atoms with Crippen LogP contribution < -0.4 is 0 Å². The number of amides is 2. The molecule has 226 valence electrons. The Bertz CT molecular complexity index is 1140. The smallest absolute Gasteiger partial charge is 0.417 e. The van der Waals surface area contributed by atoms with Crippen LogP contribution in [0.3, 0.4) is 0 Å². The predicted octanol–water partition coefficient (Wildman–Crippen LogP) is 4.19. The van der Waals surface area contributed by atoms with Gasteiger partial charge in [0, 0.05) is 27.1 Å². The minimum Gasteiger partial charge on any atom is -0.461 e. The topological polar surface area (TPSA) is 134 Å². The van der Waals surface area contributed by atoms with E-state index >= 15 is 0 Å². The Balaban J connectivity index is 1.60. The largest absolute Gasteiger partial charge is 0.461 e. The summed E-state index contributed by atoms with van der Waals surface area (Å²) in [7, 11) is 1.30. The molecule has 2 heterocycles. The fourth-order valence-corrected chi connectivity index (χ4v) is 4.85. The Morgan fingerprint density at radius 3 is 2.59 bits per heavy atom. The number of aliphatic hydroxyl groups excluding tert-OH is 1. The molecular weight excluding hydrogens is 602 g/mol. The van der Waals surface area contributed by atoms with Gasteiger partial charge in [-0.2, -0.15) is 0 Å². The van der Waals surface area contributed by atoms with Gasteiger partial charge >= 0.3 is 12.1 Å². The number of aryl methyl sites for hydroxylation is 1. The Morgan fingerprint density at radius 2 is 1.95 bits per heavy atom. The molecule has 1 aliphatic heterocycles. The molecule has 41 heavy (non-hydrogen) atoms. The first-order valence-corrected chi connectivity index (χ1v) is 14.3. The van der Waals surface area contributed by atoms with Crippen molar-refractivity contribution in [2.75, 3.05) is 33.5 Å². The number of cyclic esters (lactones) is 1. The van der Waals surface area contributed by atoms with E-state index in [2.05, 4.69) is 15.9 Å². The zero-order valence-corrected chi connectivity index (χ0v) is 25.3. The van der Waals surface area contributed by atoms with Crippen molar-refractivity contribution in [1.29, 1.82) is 0 Å². The van der Waals surface area contributed by atoms with Gasteiger partial charge in [-0.3, -0.25) is 9.59 Å². The van der Waals surface area contributed by atoms with Crippen LogP contribution in [-0.4, -0.2) is 79.8 Å². The average Bonchev–Trinajstić information content (AvgIpc) is 3.52. The maximum atomic E-state index is 13.5. The molecule has 12 heteroatoms. The first kappa shape index (κ1) is 32.7. The molecule has 3 rings (SSSR count). The van der Waals surface area contributed by atoms with Gasteiger partial charge in [0.1, 0.15) is 24.2 Å². The van der Waals surface area contributed by atoms with E-state index in [1.165, 1.54) is 14.0 Å². The third-order valence-electron chi connectivity index (χ3n) is 6.56. The lowest BCUT2D eigenvalue weighted by Crippen LogP contribution is -2.49. The van der Waals surface area contributed by atoms with E-state index in [1.807, 2.05) is 44.2 Å². The van der Waals surface area contributed by atoms with Crippen molar-refractivity contribution in [3.8, 4) is 0 Å². The quantitative estimate of drug-likeness (QED) is 0.210. The molecule has 2 amide bonds. The van der Waals surface area contributed by atoms with E-state index in [9.17, 15) is 19.5 Å². The van der Waals surface area contributed by atoms with Crippen LogP contribution in [0.4, 0.5) is 4.79 Å². The Labute approximate surface area is 248 Å². The summed E-state index contributed by atoms with van der Waals surface area (Å²) in [6.07, 6.45) is -2.74. The highest BCUT2D eigenvalue weighted by atomic mass is 79.9. The Morgan fingerprint density at radius 1 is 1.22 bits per heavy atom. The van der Waals surface area contributed by atoms with Gasteiger partial charge in [-0.15, -0.1) is 0 Å². The van der Waals surface area contributed by atoms with E-state index in [1.54, 1.807) is 6.07 Å². The standard InChI is InChI=1S/C29H38BrNO10/c1-18(2)23-17-39-29(35)31(23)28(34)27(36-4)26(40-19(3)33)25-13-22(30)24(41-25)11-8-12-37-16-21(14-32)38-15-20-9-6-5-7-10-20/h5-7,9-10,13,18,21,23,26-27,32H,8,11-12,14-17H2,1-4H3/t21-,23-,26-,27+/m1/s1. The molecule has 0 aliphatic carbocycles. The summed E-state index contributed by atoms with van der Waals surface area (Å²) in [6, 6.07) is 10.8. The van der Waals surface area contributed by atoms with Crippen molar-refractivity contribution in [3.05, 3.63) is 58.0 Å². The number of aliphatic hydroxyl groups is 1. The molecule has 0 radical (unpaired) electrons. The fourth-order valence-electron chi connectivity index (χ4n) is 4.35. The zero-order chi connectivity index (χ0) is 29.9. The monoisotopic (exact) mass is 639 g/mol. The van der Waals surface area contributed by atoms with Crippen LogP contribution >= 0.6 is 15.9 Å². The van der Waals surface area contributed by atoms with Gasteiger partial charge in [0.05, 0.1) is 30.3 Å². The van der Waals surface area contributed by atoms with E-state index in [0.717, 1.165) is 10.5 Å². The fraction of sp³-hybridized carbons (Fsp3) is 0.552. The molecule has 1 fully saturated rings. The van der Waals surface area contributed by atoms with E-state index in [0.29, 0.717) is 36.3 Å². The average molecular weight is 641 g/mol. The third kappa shape index (κ3) is 9.11. The second-order valence-corrected chi connectivity index (χ2v) is 10.8. The minimum atomic E-state index is -1.34. The zero-order valence-electron chi connectivity index (χ0n) is 23.7. The Kier molecular flexibility index (Phi) is 12.8. The first-order valence-electron chi connectivity index (χ1n) is 13.5. The maximum absolute atomic E-state index is 13.5. The molecule has 2 aromatic rings. The molecule has 11 nitrogen and oxygen atoms in total. The number of furan rings is 1. The van der Waals surface area contributed by atoms with E-state index in [4.69, 9.17) is 28.1 Å². The van der Waals surface area contributed by atoms with Crippen LogP contribution in [0.5, 0.6) is 0 Å². The molecule has 0 unspecified atom stereocenters. The third-order valence-corrected chi connectivity index (χ3v) is 7.23. The van der Waals surface area contributed by atoms with Crippen LogP contribution in [0, 0.1) is 5.92 Å². The number of methoxy groups -OCH3 is 1. The number of carbonyl (C=O) groups is 3. The number of esters is 1. The number of benzene rings is 1. The van der Waals surface area contributed by atoms with Crippen molar-refractivity contribution < 1.29 is 47.6 Å². The maximum Gasteiger partial charge on any atom is 0.417 e. The van der Waals surface area contributed by atoms with Crippen molar-refractivity contribution in [2.45, 2.75) is 64.6 Å². The summed E-state index contributed by atoms with van der Waals surface area (Å²) in [5, 5.41) is 9.60. The van der Waals surface area contributed by atoms with Crippen molar-refractivity contribution in [3.63, 3.8) is 0 Å². The van der Waals surface area contributed by atoms with Gasteiger partial charge < -0.3 is 33.2 Å². The van der Waals surface area contributed by atoms with Crippen molar-refractivity contribution in [2.24, 2.45) is 5.92 Å². The summed E-state index contributed by atoms with van der Waals surface area (Å²) in [5.74, 6) is -0.640. The van der Waals surface area contributed by atoms with Crippen molar-refractivity contribution in [1.82, 2.24) is 4.90 Å². The van der Waals surface area contributed by atoms with Crippen LogP contribution in [0.1, 0.15) is 50.4 Å². The second kappa shape index (κ2) is 16.0. The molecule has 1 N–H and O–H groups in total. The van der Waals surface area contributed by atoms with E-state index < -0.39 is 42.3 Å². The number of nitrogens with zero attached hydrogens (tertiary/aromatic N) is 1. The van der Waals surface area contributed by atoms with E-state index in [-0.39, 0.29) is 31.5 Å². The molecule has 1 aromatic carbocycles. The molecule has 4 atom stereocenters. The van der Waals surface area contributed by atoms with Gasteiger partial charge in [0.25, 0.3) is 5.91 Å². The number of ether oxygens (including phenoxy) is 5. The molecular formula is C29H38BrNO10. The highest BCUT2D eigenvalue weighted by Gasteiger charge is 2.46. The molecule has 0 saturated carbocycles. The lowest BCUT2D eigenvalue weighted by molar-refractivity contribution is -0.164. The second-order valence-electron chi connectivity index (χ2n) is 9.98. The molecule has 1 aromatic heterocycles.